The number of aliphatic hydroxyl groups excluding tert-OH is 1. The lowest BCUT2D eigenvalue weighted by Crippen LogP contribution is -2.51. The topological polar surface area (TPSA) is 125 Å². The third-order valence-electron chi connectivity index (χ3n) is 4.53. The minimum Gasteiger partial charge on any atom is -0.392 e. The number of benzene rings is 1. The maximum Gasteiger partial charge on any atom is 0.313 e. The number of nitrogens with one attached hydrogen (secondary N) is 3. The number of piperidine rings is 1. The predicted molar refractivity (Wildman–Crippen MR) is 94.1 cm³/mol. The molecule has 0 aliphatic carbocycles. The van der Waals surface area contributed by atoms with Gasteiger partial charge in [0.25, 0.3) is 0 Å². The highest BCUT2D eigenvalue weighted by Crippen LogP contribution is 2.36. The third kappa shape index (κ3) is 4.26. The second-order valence-corrected chi connectivity index (χ2v) is 6.40. The summed E-state index contributed by atoms with van der Waals surface area (Å²) >= 11 is 0. The van der Waals surface area contributed by atoms with Crippen molar-refractivity contribution in [3.8, 4) is 0 Å². The van der Waals surface area contributed by atoms with E-state index in [9.17, 15) is 19.2 Å². The van der Waals surface area contributed by atoms with Crippen molar-refractivity contribution in [2.75, 3.05) is 11.9 Å². The Balaban J connectivity index is 2.08. The van der Waals surface area contributed by atoms with E-state index in [2.05, 4.69) is 16.0 Å². The lowest BCUT2D eigenvalue weighted by atomic mass is 9.72. The molecular weight excluding hydrogens is 338 g/mol. The predicted octanol–water partition coefficient (Wildman–Crippen LogP) is 0.206. The average Bonchev–Trinajstić information content (AvgIpc) is 2.61. The van der Waals surface area contributed by atoms with E-state index in [4.69, 9.17) is 5.11 Å². The largest absolute Gasteiger partial charge is 0.392 e. The van der Waals surface area contributed by atoms with Gasteiger partial charge in [-0.1, -0.05) is 19.1 Å². The fourth-order valence-corrected chi connectivity index (χ4v) is 2.95. The summed E-state index contributed by atoms with van der Waals surface area (Å²) in [6.07, 6.45) is 0.507. The number of carbonyl (C=O) groups is 4. The Morgan fingerprint density at radius 3 is 2.42 bits per heavy atom. The van der Waals surface area contributed by atoms with Gasteiger partial charge in [-0.15, -0.1) is 0 Å². The summed E-state index contributed by atoms with van der Waals surface area (Å²) in [5.74, 6) is -2.27. The zero-order valence-electron chi connectivity index (χ0n) is 14.8. The summed E-state index contributed by atoms with van der Waals surface area (Å²) in [6, 6.07) is 6.64. The molecule has 4 amide bonds. The molecule has 0 radical (unpaired) electrons. The molecule has 0 aromatic heterocycles. The SMILES string of the molecule is CCC1(c2ccc(NC(=O)C(=O)NC[C@@H](C)O)cc2)CCC(=O)NC1=O. The molecule has 1 aromatic rings. The number of carbonyl (C=O) groups excluding carboxylic acids is 4. The first-order chi connectivity index (χ1) is 12.3. The summed E-state index contributed by atoms with van der Waals surface area (Å²) < 4.78 is 0. The van der Waals surface area contributed by atoms with Crippen LogP contribution in [0.4, 0.5) is 5.69 Å². The van der Waals surface area contributed by atoms with Gasteiger partial charge >= 0.3 is 11.8 Å². The molecule has 8 nitrogen and oxygen atoms in total. The molecule has 1 saturated heterocycles. The Labute approximate surface area is 151 Å². The Hall–Kier alpha value is -2.74. The fraction of sp³-hybridized carbons (Fsp3) is 0.444. The van der Waals surface area contributed by atoms with Gasteiger partial charge in [0, 0.05) is 18.7 Å². The van der Waals surface area contributed by atoms with Gasteiger partial charge in [0.2, 0.25) is 11.8 Å². The maximum atomic E-state index is 12.4. The summed E-state index contributed by atoms with van der Waals surface area (Å²) in [6.45, 7) is 3.37. The Kier molecular flexibility index (Phi) is 6.10. The van der Waals surface area contributed by atoms with E-state index in [1.165, 1.54) is 6.92 Å². The minimum absolute atomic E-state index is 0.0158. The van der Waals surface area contributed by atoms with Crippen molar-refractivity contribution in [2.24, 2.45) is 0 Å². The van der Waals surface area contributed by atoms with Crippen LogP contribution in [0.3, 0.4) is 0 Å². The lowest BCUT2D eigenvalue weighted by Gasteiger charge is -2.35. The highest BCUT2D eigenvalue weighted by molar-refractivity contribution is 6.39. The van der Waals surface area contributed by atoms with Crippen LogP contribution in [0.1, 0.15) is 38.7 Å². The molecule has 0 bridgehead atoms. The van der Waals surface area contributed by atoms with Crippen molar-refractivity contribution in [1.29, 1.82) is 0 Å². The van der Waals surface area contributed by atoms with Crippen LogP contribution in [0.5, 0.6) is 0 Å². The van der Waals surface area contributed by atoms with Gasteiger partial charge in [-0.25, -0.2) is 0 Å². The monoisotopic (exact) mass is 361 g/mol. The molecule has 8 heteroatoms. The molecule has 140 valence electrons. The number of aliphatic hydroxyl groups is 1. The quantitative estimate of drug-likeness (QED) is 0.441. The molecule has 2 atom stereocenters. The molecule has 0 spiro atoms. The number of rotatable bonds is 5. The van der Waals surface area contributed by atoms with Crippen molar-refractivity contribution in [3.63, 3.8) is 0 Å². The van der Waals surface area contributed by atoms with Crippen LogP contribution in [-0.2, 0) is 24.6 Å². The molecule has 1 heterocycles. The zero-order valence-corrected chi connectivity index (χ0v) is 14.8. The highest BCUT2D eigenvalue weighted by atomic mass is 16.3. The van der Waals surface area contributed by atoms with Gasteiger partial charge in [0.05, 0.1) is 11.5 Å². The van der Waals surface area contributed by atoms with Gasteiger partial charge < -0.3 is 15.7 Å². The van der Waals surface area contributed by atoms with Gasteiger partial charge in [-0.2, -0.15) is 0 Å². The zero-order chi connectivity index (χ0) is 19.3. The highest BCUT2D eigenvalue weighted by Gasteiger charge is 2.42. The number of hydrogen-bond acceptors (Lipinski definition) is 5. The lowest BCUT2D eigenvalue weighted by molar-refractivity contribution is -0.138. The van der Waals surface area contributed by atoms with E-state index in [-0.39, 0.29) is 24.8 Å². The van der Waals surface area contributed by atoms with Crippen molar-refractivity contribution in [2.45, 2.75) is 44.6 Å². The summed E-state index contributed by atoms with van der Waals surface area (Å²) in [7, 11) is 0. The Morgan fingerprint density at radius 1 is 1.23 bits per heavy atom. The van der Waals surface area contributed by atoms with E-state index >= 15 is 0 Å². The van der Waals surface area contributed by atoms with Crippen molar-refractivity contribution in [1.82, 2.24) is 10.6 Å². The Bertz CT molecular complexity index is 714. The molecule has 1 aliphatic heterocycles. The van der Waals surface area contributed by atoms with Gasteiger partial charge in [0.1, 0.15) is 0 Å². The third-order valence-corrected chi connectivity index (χ3v) is 4.53. The second-order valence-electron chi connectivity index (χ2n) is 6.40. The van der Waals surface area contributed by atoms with E-state index in [1.54, 1.807) is 24.3 Å². The summed E-state index contributed by atoms with van der Waals surface area (Å²) in [4.78, 5) is 47.2. The fourth-order valence-electron chi connectivity index (χ4n) is 2.95. The van der Waals surface area contributed by atoms with E-state index in [0.717, 1.165) is 5.56 Å². The molecule has 0 saturated carbocycles. The van der Waals surface area contributed by atoms with Crippen LogP contribution in [0.15, 0.2) is 24.3 Å². The normalized spacial score (nSPS) is 20.9. The van der Waals surface area contributed by atoms with Gasteiger partial charge in [0.15, 0.2) is 0 Å². The average molecular weight is 361 g/mol. The van der Waals surface area contributed by atoms with Crippen LogP contribution in [0, 0.1) is 0 Å². The maximum absolute atomic E-state index is 12.4. The molecule has 1 unspecified atom stereocenters. The van der Waals surface area contributed by atoms with Crippen molar-refractivity contribution < 1.29 is 24.3 Å². The van der Waals surface area contributed by atoms with E-state index in [1.807, 2.05) is 6.92 Å². The van der Waals surface area contributed by atoms with Crippen LogP contribution in [0.25, 0.3) is 0 Å². The minimum atomic E-state index is -0.843. The number of anilines is 1. The molecule has 2 rings (SSSR count). The van der Waals surface area contributed by atoms with Crippen molar-refractivity contribution >= 4 is 29.3 Å². The molecular formula is C18H23N3O5. The summed E-state index contributed by atoms with van der Waals surface area (Å²) in [5, 5.41) is 16.3. The first-order valence-corrected chi connectivity index (χ1v) is 8.50. The standard InChI is InChI=1S/C18H23N3O5/c1-3-18(9-8-14(23)21-17(18)26)12-4-6-13(7-5-12)20-16(25)15(24)19-10-11(2)22/h4-7,11,22H,3,8-10H2,1-2H3,(H,19,24)(H,20,25)(H,21,23,26)/t11-,18?/m1/s1. The molecule has 26 heavy (non-hydrogen) atoms. The molecule has 1 fully saturated rings. The van der Waals surface area contributed by atoms with Gasteiger partial charge in [-0.3, -0.25) is 24.5 Å². The first-order valence-electron chi connectivity index (χ1n) is 8.50. The van der Waals surface area contributed by atoms with E-state index in [0.29, 0.717) is 18.5 Å². The smallest absolute Gasteiger partial charge is 0.313 e. The van der Waals surface area contributed by atoms with Gasteiger partial charge in [-0.05, 0) is 37.5 Å². The Morgan fingerprint density at radius 2 is 1.88 bits per heavy atom. The van der Waals surface area contributed by atoms with Crippen LogP contribution >= 0.6 is 0 Å². The number of imide groups is 1. The molecule has 1 aromatic carbocycles. The van der Waals surface area contributed by atoms with E-state index < -0.39 is 23.3 Å². The second kappa shape index (κ2) is 8.09. The van der Waals surface area contributed by atoms with Crippen LogP contribution in [0.2, 0.25) is 0 Å². The van der Waals surface area contributed by atoms with Crippen LogP contribution < -0.4 is 16.0 Å². The molecule has 1 aliphatic rings. The summed E-state index contributed by atoms with van der Waals surface area (Å²) in [5.41, 5.74) is 0.386. The number of amides is 4. The molecule has 4 N–H and O–H groups in total. The first kappa shape index (κ1) is 19.6. The number of hydrogen-bond donors (Lipinski definition) is 4. The van der Waals surface area contributed by atoms with Crippen molar-refractivity contribution in [3.05, 3.63) is 29.8 Å². The van der Waals surface area contributed by atoms with Crippen LogP contribution in [-0.4, -0.2) is 41.4 Å².